The van der Waals surface area contributed by atoms with E-state index < -0.39 is 11.7 Å². The van der Waals surface area contributed by atoms with E-state index in [1.54, 1.807) is 12.1 Å². The number of ether oxygens (including phenoxy) is 1. The Bertz CT molecular complexity index is 487. The number of carbonyl (C=O) groups excluding carboxylic acids is 1. The van der Waals surface area contributed by atoms with Gasteiger partial charge in [0.05, 0.1) is 0 Å². The summed E-state index contributed by atoms with van der Waals surface area (Å²) in [6.07, 6.45) is 4.19. The fraction of sp³-hybridized carbons (Fsp3) is 0.438. The van der Waals surface area contributed by atoms with Crippen LogP contribution >= 0.6 is 0 Å². The Morgan fingerprint density at radius 1 is 1.40 bits per heavy atom. The number of amides is 1. The number of carbonyl (C=O) groups is 1. The topological polar surface area (TPSA) is 58.6 Å². The molecule has 4 heteroatoms. The van der Waals surface area contributed by atoms with Crippen molar-refractivity contribution in [2.24, 2.45) is 0 Å². The van der Waals surface area contributed by atoms with Crippen LogP contribution < -0.4 is 5.32 Å². The number of nitrogens with one attached hydrogen (secondary N) is 1. The van der Waals surface area contributed by atoms with Gasteiger partial charge in [-0.25, -0.2) is 4.79 Å². The Kier molecular flexibility index (Phi) is 5.62. The minimum Gasteiger partial charge on any atom is -0.508 e. The fourth-order valence-electron chi connectivity index (χ4n) is 1.60. The lowest BCUT2D eigenvalue weighted by molar-refractivity contribution is 0.0529. The molecule has 0 spiro atoms. The highest BCUT2D eigenvalue weighted by molar-refractivity contribution is 5.67. The zero-order valence-electron chi connectivity index (χ0n) is 12.6. The van der Waals surface area contributed by atoms with Crippen LogP contribution in [0, 0.1) is 6.92 Å². The van der Waals surface area contributed by atoms with Crippen LogP contribution in [0.5, 0.6) is 5.75 Å². The molecule has 2 N–H and O–H groups in total. The predicted octanol–water partition coefficient (Wildman–Crippen LogP) is 3.63. The third kappa shape index (κ3) is 5.78. The second-order valence-corrected chi connectivity index (χ2v) is 5.61. The second-order valence-electron chi connectivity index (χ2n) is 5.61. The largest absolute Gasteiger partial charge is 0.508 e. The molecule has 1 rings (SSSR count). The summed E-state index contributed by atoms with van der Waals surface area (Å²) in [6.45, 7) is 7.88. The first kappa shape index (κ1) is 16.1. The molecule has 0 saturated carbocycles. The van der Waals surface area contributed by atoms with Gasteiger partial charge in [0.15, 0.2) is 0 Å². The summed E-state index contributed by atoms with van der Waals surface area (Å²) < 4.78 is 5.13. The van der Waals surface area contributed by atoms with Gasteiger partial charge in [0.25, 0.3) is 0 Å². The van der Waals surface area contributed by atoms with Crippen LogP contribution in [0.4, 0.5) is 4.79 Å². The van der Waals surface area contributed by atoms with Crippen molar-refractivity contribution >= 4 is 12.2 Å². The standard InChI is InChI=1S/C16H23NO3/c1-12-13(9-7-10-14(12)18)8-5-6-11-17-15(19)20-16(2,3)4/h5,7-10,18H,6,11H2,1-4H3,(H,17,19). The summed E-state index contributed by atoms with van der Waals surface area (Å²) in [5, 5.41) is 12.3. The average Bonchev–Trinajstić information content (AvgIpc) is 2.31. The Balaban J connectivity index is 2.36. The van der Waals surface area contributed by atoms with Crippen LogP contribution in [0.3, 0.4) is 0 Å². The minimum absolute atomic E-state index is 0.291. The van der Waals surface area contributed by atoms with Crippen molar-refractivity contribution in [1.82, 2.24) is 5.32 Å². The quantitative estimate of drug-likeness (QED) is 0.826. The van der Waals surface area contributed by atoms with E-state index in [2.05, 4.69) is 5.32 Å². The van der Waals surface area contributed by atoms with Crippen molar-refractivity contribution in [2.45, 2.75) is 39.7 Å². The number of phenols is 1. The fourth-order valence-corrected chi connectivity index (χ4v) is 1.60. The molecule has 0 aliphatic heterocycles. The van der Waals surface area contributed by atoms with Crippen molar-refractivity contribution < 1.29 is 14.6 Å². The summed E-state index contributed by atoms with van der Waals surface area (Å²) in [7, 11) is 0. The Morgan fingerprint density at radius 2 is 2.10 bits per heavy atom. The average molecular weight is 277 g/mol. The van der Waals surface area contributed by atoms with Gasteiger partial charge < -0.3 is 15.2 Å². The molecule has 1 amide bonds. The molecule has 0 unspecified atom stereocenters. The number of alkyl carbamates (subject to hydrolysis) is 1. The molecule has 0 bridgehead atoms. The van der Waals surface area contributed by atoms with Crippen molar-refractivity contribution in [2.75, 3.05) is 6.54 Å². The molecule has 20 heavy (non-hydrogen) atoms. The van der Waals surface area contributed by atoms with E-state index in [0.717, 1.165) is 11.1 Å². The number of hydrogen-bond acceptors (Lipinski definition) is 3. The van der Waals surface area contributed by atoms with Crippen molar-refractivity contribution in [3.8, 4) is 5.75 Å². The van der Waals surface area contributed by atoms with Gasteiger partial charge in [-0.2, -0.15) is 0 Å². The van der Waals surface area contributed by atoms with Crippen LogP contribution in [0.1, 0.15) is 38.3 Å². The normalized spacial score (nSPS) is 11.6. The van der Waals surface area contributed by atoms with Crippen molar-refractivity contribution in [3.63, 3.8) is 0 Å². The van der Waals surface area contributed by atoms with Gasteiger partial charge in [-0.1, -0.05) is 24.3 Å². The molecular weight excluding hydrogens is 254 g/mol. The van der Waals surface area contributed by atoms with E-state index in [-0.39, 0.29) is 0 Å². The van der Waals surface area contributed by atoms with Crippen molar-refractivity contribution in [3.05, 3.63) is 35.4 Å². The van der Waals surface area contributed by atoms with Gasteiger partial charge >= 0.3 is 6.09 Å². The van der Waals surface area contributed by atoms with Crippen LogP contribution in [0.2, 0.25) is 0 Å². The SMILES string of the molecule is Cc1c(O)cccc1C=CCCNC(=O)OC(C)(C)C. The molecular formula is C16H23NO3. The zero-order chi connectivity index (χ0) is 15.2. The van der Waals surface area contributed by atoms with E-state index >= 15 is 0 Å². The molecule has 0 fully saturated rings. The molecule has 0 heterocycles. The molecule has 1 aromatic rings. The van der Waals surface area contributed by atoms with Gasteiger partial charge in [-0.15, -0.1) is 0 Å². The van der Waals surface area contributed by atoms with Crippen molar-refractivity contribution in [1.29, 1.82) is 0 Å². The maximum atomic E-state index is 11.4. The lowest BCUT2D eigenvalue weighted by Crippen LogP contribution is -2.32. The third-order valence-electron chi connectivity index (χ3n) is 2.62. The number of hydrogen-bond donors (Lipinski definition) is 2. The summed E-state index contributed by atoms with van der Waals surface area (Å²) >= 11 is 0. The number of benzene rings is 1. The lowest BCUT2D eigenvalue weighted by atomic mass is 10.1. The van der Waals surface area contributed by atoms with Crippen LogP contribution in [-0.4, -0.2) is 23.3 Å². The highest BCUT2D eigenvalue weighted by Gasteiger charge is 2.15. The van der Waals surface area contributed by atoms with Gasteiger partial charge in [0, 0.05) is 6.54 Å². The van der Waals surface area contributed by atoms with E-state index in [1.165, 1.54) is 0 Å². The first-order chi connectivity index (χ1) is 9.29. The molecule has 0 aromatic heterocycles. The predicted molar refractivity (Wildman–Crippen MR) is 80.7 cm³/mol. The third-order valence-corrected chi connectivity index (χ3v) is 2.62. The van der Waals surface area contributed by atoms with E-state index in [1.807, 2.05) is 45.9 Å². The number of phenolic OH excluding ortho intramolecular Hbond substituents is 1. The molecule has 0 radical (unpaired) electrons. The summed E-state index contributed by atoms with van der Waals surface area (Å²) in [5.41, 5.74) is 1.35. The highest BCUT2D eigenvalue weighted by Crippen LogP contribution is 2.20. The molecule has 110 valence electrons. The molecule has 0 aliphatic rings. The Labute approximate surface area is 120 Å². The van der Waals surface area contributed by atoms with Crippen LogP contribution in [-0.2, 0) is 4.74 Å². The molecule has 0 atom stereocenters. The van der Waals surface area contributed by atoms with E-state index in [9.17, 15) is 9.90 Å². The van der Waals surface area contributed by atoms with E-state index in [0.29, 0.717) is 18.7 Å². The lowest BCUT2D eigenvalue weighted by Gasteiger charge is -2.19. The Morgan fingerprint density at radius 3 is 2.75 bits per heavy atom. The molecule has 0 saturated heterocycles. The zero-order valence-corrected chi connectivity index (χ0v) is 12.6. The highest BCUT2D eigenvalue weighted by atomic mass is 16.6. The van der Waals surface area contributed by atoms with Gasteiger partial charge in [0.1, 0.15) is 11.4 Å². The summed E-state index contributed by atoms with van der Waals surface area (Å²) in [4.78, 5) is 11.4. The molecule has 0 aliphatic carbocycles. The van der Waals surface area contributed by atoms with Crippen LogP contribution in [0.25, 0.3) is 6.08 Å². The van der Waals surface area contributed by atoms with Crippen LogP contribution in [0.15, 0.2) is 24.3 Å². The van der Waals surface area contributed by atoms with E-state index in [4.69, 9.17) is 4.74 Å². The maximum Gasteiger partial charge on any atom is 0.407 e. The number of rotatable bonds is 4. The maximum absolute atomic E-state index is 11.4. The summed E-state index contributed by atoms with van der Waals surface area (Å²) in [6, 6.07) is 5.41. The minimum atomic E-state index is -0.474. The Hall–Kier alpha value is -1.97. The smallest absolute Gasteiger partial charge is 0.407 e. The first-order valence-corrected chi connectivity index (χ1v) is 6.71. The monoisotopic (exact) mass is 277 g/mol. The second kappa shape index (κ2) is 6.98. The number of aromatic hydroxyl groups is 1. The first-order valence-electron chi connectivity index (χ1n) is 6.71. The molecule has 1 aromatic carbocycles. The van der Waals surface area contributed by atoms with Gasteiger partial charge in [-0.3, -0.25) is 0 Å². The molecule has 4 nitrogen and oxygen atoms in total. The summed E-state index contributed by atoms with van der Waals surface area (Å²) in [5.74, 6) is 0.291. The van der Waals surface area contributed by atoms with Gasteiger partial charge in [0.2, 0.25) is 0 Å². The van der Waals surface area contributed by atoms with Gasteiger partial charge in [-0.05, 0) is 51.3 Å².